The number of carbonyl (C=O) groups excluding carboxylic acids is 1. The van der Waals surface area contributed by atoms with Crippen molar-refractivity contribution >= 4 is 38.8 Å². The van der Waals surface area contributed by atoms with Crippen LogP contribution in [0.5, 0.6) is 11.6 Å². The first-order chi connectivity index (χ1) is 12.9. The van der Waals surface area contributed by atoms with Gasteiger partial charge >= 0.3 is 0 Å². The first-order valence-electron chi connectivity index (χ1n) is 7.86. The van der Waals surface area contributed by atoms with E-state index in [2.05, 4.69) is 15.3 Å². The lowest BCUT2D eigenvalue weighted by molar-refractivity contribution is -0.384. The normalized spacial score (nSPS) is 10.6. The summed E-state index contributed by atoms with van der Waals surface area (Å²) >= 11 is 1.54. The minimum atomic E-state index is -0.539. The van der Waals surface area contributed by atoms with Crippen LogP contribution in [0.25, 0.3) is 10.2 Å². The molecule has 0 saturated carbocycles. The van der Waals surface area contributed by atoms with Gasteiger partial charge < -0.3 is 14.8 Å². The van der Waals surface area contributed by atoms with Gasteiger partial charge in [-0.1, -0.05) is 0 Å². The van der Waals surface area contributed by atoms with E-state index in [9.17, 15) is 14.9 Å². The fourth-order valence-electron chi connectivity index (χ4n) is 2.48. The molecule has 0 aliphatic heterocycles. The topological polar surface area (TPSA) is 116 Å². The number of nitrogens with one attached hydrogen (secondary N) is 1. The average molecular weight is 388 g/mol. The highest BCUT2D eigenvalue weighted by Crippen LogP contribution is 2.33. The molecular formula is C17H16N4O5S. The standard InChI is InChI=1S/C17H16N4O5S/c1-9-10(2)27-17-15(9)16(18-8-19-17)26-7-14(22)20-12-5-4-11(21(23)24)6-13(12)25-3/h4-6,8H,7H2,1-3H3,(H,20,22). The number of amides is 1. The molecule has 2 heterocycles. The minimum absolute atomic E-state index is 0.132. The van der Waals surface area contributed by atoms with Gasteiger partial charge in [0.2, 0.25) is 5.88 Å². The molecule has 9 nitrogen and oxygen atoms in total. The van der Waals surface area contributed by atoms with Gasteiger partial charge in [0, 0.05) is 10.9 Å². The molecule has 140 valence electrons. The number of benzene rings is 1. The van der Waals surface area contributed by atoms with E-state index < -0.39 is 10.8 Å². The third kappa shape index (κ3) is 3.80. The number of rotatable bonds is 6. The van der Waals surface area contributed by atoms with Crippen LogP contribution >= 0.6 is 11.3 Å². The zero-order valence-corrected chi connectivity index (χ0v) is 15.6. The summed E-state index contributed by atoms with van der Waals surface area (Å²) in [5.74, 6) is 0.0810. The fourth-order valence-corrected chi connectivity index (χ4v) is 3.46. The van der Waals surface area contributed by atoms with Crippen molar-refractivity contribution in [1.29, 1.82) is 0 Å². The van der Waals surface area contributed by atoms with Crippen molar-refractivity contribution in [1.82, 2.24) is 9.97 Å². The predicted octanol–water partition coefficient (Wildman–Crippen LogP) is 3.24. The summed E-state index contributed by atoms with van der Waals surface area (Å²) in [4.78, 5) is 32.8. The summed E-state index contributed by atoms with van der Waals surface area (Å²) in [6.07, 6.45) is 1.39. The lowest BCUT2D eigenvalue weighted by Crippen LogP contribution is -2.21. The van der Waals surface area contributed by atoms with E-state index in [1.807, 2.05) is 13.8 Å². The molecule has 0 atom stereocenters. The van der Waals surface area contributed by atoms with E-state index in [4.69, 9.17) is 9.47 Å². The molecular weight excluding hydrogens is 372 g/mol. The van der Waals surface area contributed by atoms with Crippen LogP contribution < -0.4 is 14.8 Å². The molecule has 3 aromatic rings. The fraction of sp³-hybridized carbons (Fsp3) is 0.235. The second-order valence-electron chi connectivity index (χ2n) is 5.62. The summed E-state index contributed by atoms with van der Waals surface area (Å²) in [6.45, 7) is 3.66. The smallest absolute Gasteiger partial charge is 0.273 e. The Labute approximate surface area is 158 Å². The molecule has 0 aliphatic rings. The number of anilines is 1. The number of nitro benzene ring substituents is 1. The summed E-state index contributed by atoms with van der Waals surface area (Å²) in [6, 6.07) is 3.93. The molecule has 2 aromatic heterocycles. The van der Waals surface area contributed by atoms with Gasteiger partial charge in [-0.2, -0.15) is 0 Å². The van der Waals surface area contributed by atoms with Crippen molar-refractivity contribution in [2.75, 3.05) is 19.0 Å². The highest BCUT2D eigenvalue weighted by Gasteiger charge is 2.16. The monoisotopic (exact) mass is 388 g/mol. The van der Waals surface area contributed by atoms with Crippen molar-refractivity contribution in [3.63, 3.8) is 0 Å². The van der Waals surface area contributed by atoms with E-state index in [0.717, 1.165) is 20.7 Å². The van der Waals surface area contributed by atoms with Gasteiger partial charge in [0.15, 0.2) is 6.61 Å². The first kappa shape index (κ1) is 18.5. The van der Waals surface area contributed by atoms with Crippen LogP contribution in [-0.2, 0) is 4.79 Å². The van der Waals surface area contributed by atoms with Gasteiger partial charge in [0.05, 0.1) is 29.2 Å². The van der Waals surface area contributed by atoms with Crippen LogP contribution in [0.15, 0.2) is 24.5 Å². The number of ether oxygens (including phenoxy) is 2. The molecule has 27 heavy (non-hydrogen) atoms. The summed E-state index contributed by atoms with van der Waals surface area (Å²) in [5.41, 5.74) is 1.20. The maximum Gasteiger partial charge on any atom is 0.273 e. The lowest BCUT2D eigenvalue weighted by Gasteiger charge is -2.11. The van der Waals surface area contributed by atoms with Crippen LogP contribution in [0.2, 0.25) is 0 Å². The molecule has 0 unspecified atom stereocenters. The van der Waals surface area contributed by atoms with Gasteiger partial charge in [0.25, 0.3) is 11.6 Å². The first-order valence-corrected chi connectivity index (χ1v) is 8.68. The zero-order valence-electron chi connectivity index (χ0n) is 14.8. The minimum Gasteiger partial charge on any atom is -0.494 e. The van der Waals surface area contributed by atoms with E-state index in [-0.39, 0.29) is 18.0 Å². The second-order valence-corrected chi connectivity index (χ2v) is 6.82. The maximum absolute atomic E-state index is 12.2. The van der Waals surface area contributed by atoms with Crippen LogP contribution in [0, 0.1) is 24.0 Å². The summed E-state index contributed by atoms with van der Waals surface area (Å²) in [7, 11) is 1.37. The van der Waals surface area contributed by atoms with Crippen molar-refractivity contribution in [2.45, 2.75) is 13.8 Å². The maximum atomic E-state index is 12.2. The molecule has 1 amide bonds. The molecule has 1 N–H and O–H groups in total. The third-order valence-electron chi connectivity index (χ3n) is 3.94. The number of hydrogen-bond donors (Lipinski definition) is 1. The SMILES string of the molecule is COc1cc([N+](=O)[O-])ccc1NC(=O)COc1ncnc2sc(C)c(C)c12. The molecule has 0 radical (unpaired) electrons. The summed E-state index contributed by atoms with van der Waals surface area (Å²) < 4.78 is 10.7. The Morgan fingerprint density at radius 1 is 1.33 bits per heavy atom. The Morgan fingerprint density at radius 2 is 2.11 bits per heavy atom. The Hall–Kier alpha value is -3.27. The highest BCUT2D eigenvalue weighted by molar-refractivity contribution is 7.18. The molecule has 1 aromatic carbocycles. The molecule has 0 aliphatic carbocycles. The number of non-ortho nitro benzene ring substituents is 1. The quantitative estimate of drug-likeness (QED) is 0.509. The van der Waals surface area contributed by atoms with Crippen molar-refractivity contribution in [3.8, 4) is 11.6 Å². The number of fused-ring (bicyclic) bond motifs is 1. The molecule has 0 spiro atoms. The van der Waals surface area contributed by atoms with Crippen molar-refractivity contribution in [2.24, 2.45) is 0 Å². The molecule has 3 rings (SSSR count). The van der Waals surface area contributed by atoms with Gasteiger partial charge in [-0.15, -0.1) is 11.3 Å². The Kier molecular flexibility index (Phi) is 5.17. The molecule has 0 bridgehead atoms. The van der Waals surface area contributed by atoms with Crippen molar-refractivity contribution in [3.05, 3.63) is 45.1 Å². The van der Waals surface area contributed by atoms with E-state index in [1.54, 1.807) is 0 Å². The Balaban J connectivity index is 1.73. The average Bonchev–Trinajstić information content (AvgIpc) is 2.94. The van der Waals surface area contributed by atoms with Crippen molar-refractivity contribution < 1.29 is 19.2 Å². The number of nitrogens with zero attached hydrogens (tertiary/aromatic N) is 3. The van der Waals surface area contributed by atoms with Crippen LogP contribution in [0.4, 0.5) is 11.4 Å². The number of hydrogen-bond acceptors (Lipinski definition) is 8. The number of methoxy groups -OCH3 is 1. The number of thiophene rings is 1. The number of carbonyl (C=O) groups is 1. The zero-order chi connectivity index (χ0) is 19.6. The van der Waals surface area contributed by atoms with E-state index in [0.29, 0.717) is 11.6 Å². The largest absolute Gasteiger partial charge is 0.494 e. The van der Waals surface area contributed by atoms with E-state index >= 15 is 0 Å². The third-order valence-corrected chi connectivity index (χ3v) is 5.06. The Morgan fingerprint density at radius 3 is 2.81 bits per heavy atom. The van der Waals surface area contributed by atoms with Gasteiger partial charge in [0.1, 0.15) is 16.9 Å². The van der Waals surface area contributed by atoms with Gasteiger partial charge in [-0.05, 0) is 25.5 Å². The molecule has 10 heteroatoms. The lowest BCUT2D eigenvalue weighted by atomic mass is 10.2. The Bertz CT molecular complexity index is 1030. The summed E-state index contributed by atoms with van der Waals surface area (Å²) in [5, 5.41) is 14.2. The predicted molar refractivity (Wildman–Crippen MR) is 101 cm³/mol. The second kappa shape index (κ2) is 7.54. The molecule has 0 saturated heterocycles. The van der Waals surface area contributed by atoms with Crippen LogP contribution in [-0.4, -0.2) is 34.5 Å². The molecule has 0 fully saturated rings. The van der Waals surface area contributed by atoms with Crippen LogP contribution in [0.1, 0.15) is 10.4 Å². The van der Waals surface area contributed by atoms with E-state index in [1.165, 1.54) is 43.0 Å². The van der Waals surface area contributed by atoms with Crippen LogP contribution in [0.3, 0.4) is 0 Å². The highest BCUT2D eigenvalue weighted by atomic mass is 32.1. The number of aryl methyl sites for hydroxylation is 2. The number of nitro groups is 1. The van der Waals surface area contributed by atoms with Gasteiger partial charge in [-0.3, -0.25) is 14.9 Å². The van der Waals surface area contributed by atoms with Gasteiger partial charge in [-0.25, -0.2) is 9.97 Å². The number of aromatic nitrogens is 2.